The fourth-order valence-corrected chi connectivity index (χ4v) is 4.24. The number of carboxylic acids is 1. The summed E-state index contributed by atoms with van der Waals surface area (Å²) in [7, 11) is 1.63. The number of amides is 1. The first kappa shape index (κ1) is 20.6. The quantitative estimate of drug-likeness (QED) is 0.699. The Morgan fingerprint density at radius 2 is 1.92 bits per heavy atom. The number of hydrogen-bond donors (Lipinski definition) is 1. The number of benzene rings is 1. The smallest absolute Gasteiger partial charge is 0.317 e. The molecule has 0 saturated carbocycles. The third-order valence-corrected chi connectivity index (χ3v) is 5.86. The highest BCUT2D eigenvalue weighted by molar-refractivity contribution is 8.00. The van der Waals surface area contributed by atoms with Gasteiger partial charge in [0.05, 0.1) is 18.9 Å². The molecule has 7 heteroatoms. The number of thioether (sulfide) groups is 1. The van der Waals surface area contributed by atoms with Gasteiger partial charge in [0.25, 0.3) is 0 Å². The minimum atomic E-state index is -0.796. The highest BCUT2D eigenvalue weighted by Crippen LogP contribution is 2.27. The fourth-order valence-electron chi connectivity index (χ4n) is 3.29. The lowest BCUT2D eigenvalue weighted by atomic mass is 10.0. The normalized spacial score (nSPS) is 16.5. The second kappa shape index (κ2) is 9.83. The van der Waals surface area contributed by atoms with Crippen LogP contribution in [0.15, 0.2) is 29.2 Å². The van der Waals surface area contributed by atoms with Crippen molar-refractivity contribution in [3.63, 3.8) is 0 Å². The molecule has 1 unspecified atom stereocenters. The first-order valence-electron chi connectivity index (χ1n) is 9.00. The standard InChI is InChI=1S/C19H28N2O4S/c1-4-20(13-18(22)23)15-9-11-21(12-10-15)19(24)14(2)26-17-7-5-16(25-3)6-8-17/h5-8,14-15H,4,9-13H2,1-3H3,(H,22,23). The van der Waals surface area contributed by atoms with Crippen molar-refractivity contribution in [2.45, 2.75) is 42.9 Å². The van der Waals surface area contributed by atoms with Gasteiger partial charge >= 0.3 is 5.97 Å². The Kier molecular flexibility index (Phi) is 7.78. The molecule has 1 aromatic carbocycles. The van der Waals surface area contributed by atoms with Crippen molar-refractivity contribution in [2.24, 2.45) is 0 Å². The number of methoxy groups -OCH3 is 1. The number of likely N-dealkylation sites (N-methyl/N-ethyl adjacent to an activating group) is 1. The molecule has 1 atom stereocenters. The van der Waals surface area contributed by atoms with E-state index in [1.807, 2.05) is 47.9 Å². The first-order valence-corrected chi connectivity index (χ1v) is 9.87. The zero-order valence-corrected chi connectivity index (χ0v) is 16.5. The molecule has 1 aliphatic rings. The molecule has 1 aliphatic heterocycles. The molecular weight excluding hydrogens is 352 g/mol. The minimum Gasteiger partial charge on any atom is -0.497 e. The average molecular weight is 381 g/mol. The first-order chi connectivity index (χ1) is 12.4. The summed E-state index contributed by atoms with van der Waals surface area (Å²) in [4.78, 5) is 28.6. The van der Waals surface area contributed by atoms with Crippen LogP contribution in [0.1, 0.15) is 26.7 Å². The van der Waals surface area contributed by atoms with Crippen LogP contribution in [0.4, 0.5) is 0 Å². The lowest BCUT2D eigenvalue weighted by molar-refractivity contribution is -0.140. The highest BCUT2D eigenvalue weighted by atomic mass is 32.2. The molecule has 1 saturated heterocycles. The van der Waals surface area contributed by atoms with E-state index in [2.05, 4.69) is 0 Å². The third-order valence-electron chi connectivity index (χ3n) is 4.76. The summed E-state index contributed by atoms with van der Waals surface area (Å²) in [6, 6.07) is 7.96. The molecule has 1 fully saturated rings. The van der Waals surface area contributed by atoms with Gasteiger partial charge < -0.3 is 14.7 Å². The average Bonchev–Trinajstić information content (AvgIpc) is 2.66. The van der Waals surface area contributed by atoms with Gasteiger partial charge in [0.1, 0.15) is 5.75 Å². The van der Waals surface area contributed by atoms with Crippen molar-refractivity contribution in [3.8, 4) is 5.75 Å². The van der Waals surface area contributed by atoms with Crippen LogP contribution in [0, 0.1) is 0 Å². The van der Waals surface area contributed by atoms with E-state index in [0.717, 1.165) is 23.5 Å². The maximum atomic E-state index is 12.7. The Bertz CT molecular complexity index is 600. The Hall–Kier alpha value is -1.73. The number of carbonyl (C=O) groups is 2. The van der Waals surface area contributed by atoms with Crippen LogP contribution < -0.4 is 4.74 Å². The van der Waals surface area contributed by atoms with E-state index in [-0.39, 0.29) is 23.7 Å². The summed E-state index contributed by atoms with van der Waals surface area (Å²) in [5.41, 5.74) is 0. The van der Waals surface area contributed by atoms with Gasteiger partial charge in [-0.15, -0.1) is 11.8 Å². The van der Waals surface area contributed by atoms with Crippen LogP contribution in [0.2, 0.25) is 0 Å². The number of hydrogen-bond acceptors (Lipinski definition) is 5. The van der Waals surface area contributed by atoms with Crippen LogP contribution in [-0.2, 0) is 9.59 Å². The number of nitrogens with zero attached hydrogens (tertiary/aromatic N) is 2. The van der Waals surface area contributed by atoms with E-state index in [1.165, 1.54) is 0 Å². The topological polar surface area (TPSA) is 70.1 Å². The summed E-state index contributed by atoms with van der Waals surface area (Å²) < 4.78 is 5.15. The van der Waals surface area contributed by atoms with Crippen LogP contribution in [0.25, 0.3) is 0 Å². The predicted molar refractivity (Wildman–Crippen MR) is 103 cm³/mol. The Morgan fingerprint density at radius 1 is 1.31 bits per heavy atom. The van der Waals surface area contributed by atoms with E-state index in [4.69, 9.17) is 9.84 Å². The highest BCUT2D eigenvalue weighted by Gasteiger charge is 2.29. The van der Waals surface area contributed by atoms with Crippen molar-refractivity contribution >= 4 is 23.6 Å². The van der Waals surface area contributed by atoms with Crippen molar-refractivity contribution in [1.29, 1.82) is 0 Å². The monoisotopic (exact) mass is 380 g/mol. The van der Waals surface area contributed by atoms with Gasteiger partial charge in [-0.2, -0.15) is 0 Å². The van der Waals surface area contributed by atoms with Crippen LogP contribution in [-0.4, -0.2) is 71.4 Å². The Morgan fingerprint density at radius 3 is 2.42 bits per heavy atom. The zero-order valence-electron chi connectivity index (χ0n) is 15.7. The number of aliphatic carboxylic acids is 1. The molecule has 26 heavy (non-hydrogen) atoms. The second-order valence-corrected chi connectivity index (χ2v) is 7.86. The van der Waals surface area contributed by atoms with E-state index >= 15 is 0 Å². The van der Waals surface area contributed by atoms with Gasteiger partial charge in [-0.1, -0.05) is 6.92 Å². The fraction of sp³-hybridized carbons (Fsp3) is 0.579. The molecule has 0 aromatic heterocycles. The van der Waals surface area contributed by atoms with E-state index in [9.17, 15) is 9.59 Å². The lowest BCUT2D eigenvalue weighted by Gasteiger charge is -2.38. The van der Waals surface area contributed by atoms with E-state index in [0.29, 0.717) is 19.6 Å². The third kappa shape index (κ3) is 5.64. The van der Waals surface area contributed by atoms with Gasteiger partial charge in [0.15, 0.2) is 0 Å². The molecule has 0 aliphatic carbocycles. The summed E-state index contributed by atoms with van der Waals surface area (Å²) >= 11 is 1.55. The molecular formula is C19H28N2O4S. The van der Waals surface area contributed by atoms with Gasteiger partial charge in [-0.05, 0) is 50.6 Å². The van der Waals surface area contributed by atoms with Crippen molar-refractivity contribution in [2.75, 3.05) is 33.3 Å². The maximum Gasteiger partial charge on any atom is 0.317 e. The number of likely N-dealkylation sites (tertiary alicyclic amines) is 1. The largest absolute Gasteiger partial charge is 0.497 e. The van der Waals surface area contributed by atoms with Gasteiger partial charge in [0, 0.05) is 24.0 Å². The summed E-state index contributed by atoms with van der Waals surface area (Å²) in [5, 5.41) is 8.86. The molecule has 1 heterocycles. The molecule has 144 valence electrons. The van der Waals surface area contributed by atoms with Crippen LogP contribution in [0.3, 0.4) is 0 Å². The van der Waals surface area contributed by atoms with Crippen LogP contribution >= 0.6 is 11.8 Å². The maximum absolute atomic E-state index is 12.7. The molecule has 6 nitrogen and oxygen atoms in total. The van der Waals surface area contributed by atoms with Crippen molar-refractivity contribution in [1.82, 2.24) is 9.80 Å². The number of carboxylic acid groups (broad SMARTS) is 1. The number of piperidine rings is 1. The Labute approximate surface area is 159 Å². The SMILES string of the molecule is CCN(CC(=O)O)C1CCN(C(=O)C(C)Sc2ccc(OC)cc2)CC1. The molecule has 1 N–H and O–H groups in total. The van der Waals surface area contributed by atoms with Gasteiger partial charge in [0.2, 0.25) is 5.91 Å². The summed E-state index contributed by atoms with van der Waals surface area (Å²) in [6.45, 7) is 6.08. The number of carbonyl (C=O) groups excluding carboxylic acids is 1. The summed E-state index contributed by atoms with van der Waals surface area (Å²) in [6.07, 6.45) is 1.65. The second-order valence-electron chi connectivity index (χ2n) is 6.45. The molecule has 0 spiro atoms. The molecule has 0 bridgehead atoms. The number of ether oxygens (including phenoxy) is 1. The summed E-state index contributed by atoms with van der Waals surface area (Å²) in [5.74, 6) is 0.151. The zero-order chi connectivity index (χ0) is 19.1. The van der Waals surface area contributed by atoms with E-state index in [1.54, 1.807) is 18.9 Å². The van der Waals surface area contributed by atoms with Crippen molar-refractivity contribution < 1.29 is 19.4 Å². The number of rotatable bonds is 8. The Balaban J connectivity index is 1.85. The molecule has 2 rings (SSSR count). The predicted octanol–water partition coefficient (Wildman–Crippen LogP) is 2.57. The molecule has 1 amide bonds. The lowest BCUT2D eigenvalue weighted by Crippen LogP contribution is -2.49. The minimum absolute atomic E-state index is 0.0683. The van der Waals surface area contributed by atoms with Gasteiger partial charge in [-0.3, -0.25) is 14.5 Å². The van der Waals surface area contributed by atoms with Gasteiger partial charge in [-0.25, -0.2) is 0 Å². The molecule has 0 radical (unpaired) electrons. The van der Waals surface area contributed by atoms with E-state index < -0.39 is 5.97 Å². The molecule has 1 aromatic rings. The van der Waals surface area contributed by atoms with Crippen molar-refractivity contribution in [3.05, 3.63) is 24.3 Å². The van der Waals surface area contributed by atoms with Crippen LogP contribution in [0.5, 0.6) is 5.75 Å².